The Hall–Kier alpha value is -2.80. The van der Waals surface area contributed by atoms with E-state index in [1.165, 1.54) is 12.1 Å². The number of carbonyl (C=O) groups is 1. The van der Waals surface area contributed by atoms with Crippen LogP contribution < -0.4 is 5.32 Å². The lowest BCUT2D eigenvalue weighted by Gasteiger charge is -2.10. The molecule has 4 heteroatoms. The van der Waals surface area contributed by atoms with Gasteiger partial charge in [-0.15, -0.1) is 0 Å². The summed E-state index contributed by atoms with van der Waals surface area (Å²) in [6, 6.07) is 17.6. The van der Waals surface area contributed by atoms with Gasteiger partial charge in [0.05, 0.1) is 6.07 Å². The number of benzene rings is 2. The van der Waals surface area contributed by atoms with Gasteiger partial charge in [-0.05, 0) is 24.1 Å². The molecule has 0 saturated carbocycles. The van der Waals surface area contributed by atoms with Crippen molar-refractivity contribution in [3.8, 4) is 11.8 Å². The number of nitrogens with one attached hydrogen (secondary N) is 1. The second kappa shape index (κ2) is 6.39. The van der Waals surface area contributed by atoms with Crippen LogP contribution >= 0.6 is 0 Å². The quantitative estimate of drug-likeness (QED) is 0.893. The van der Waals surface area contributed by atoms with Crippen molar-refractivity contribution >= 4 is 11.6 Å². The van der Waals surface area contributed by atoms with Crippen LogP contribution in [-0.2, 0) is 11.2 Å². The molecule has 2 N–H and O–H groups in total. The molecule has 1 unspecified atom stereocenters. The summed E-state index contributed by atoms with van der Waals surface area (Å²) in [6.45, 7) is 0. The van der Waals surface area contributed by atoms with Gasteiger partial charge in [0.15, 0.2) is 0 Å². The summed E-state index contributed by atoms with van der Waals surface area (Å²) in [5.41, 5.74) is 1.41. The molecule has 0 aliphatic heterocycles. The summed E-state index contributed by atoms with van der Waals surface area (Å²) in [6.07, 6.45) is 0.363. The Labute approximate surface area is 117 Å². The number of phenols is 1. The fraction of sp³-hybridized carbons (Fsp3) is 0.125. The summed E-state index contributed by atoms with van der Waals surface area (Å²) in [4.78, 5) is 12.0. The van der Waals surface area contributed by atoms with E-state index in [1.54, 1.807) is 12.1 Å². The molecule has 0 aliphatic carbocycles. The Morgan fingerprint density at radius 3 is 2.60 bits per heavy atom. The molecule has 2 aromatic rings. The molecule has 20 heavy (non-hydrogen) atoms. The normalized spacial score (nSPS) is 11.3. The smallest absolute Gasteiger partial charge is 0.242 e. The molecule has 1 amide bonds. The number of phenolic OH excluding ortho intramolecular Hbond substituents is 1. The molecule has 0 fully saturated rings. The van der Waals surface area contributed by atoms with E-state index in [-0.39, 0.29) is 11.7 Å². The van der Waals surface area contributed by atoms with Crippen molar-refractivity contribution in [3.63, 3.8) is 0 Å². The van der Waals surface area contributed by atoms with Crippen molar-refractivity contribution in [3.05, 3.63) is 60.2 Å². The zero-order valence-corrected chi connectivity index (χ0v) is 10.8. The zero-order valence-electron chi connectivity index (χ0n) is 10.8. The molecule has 4 nitrogen and oxygen atoms in total. The minimum atomic E-state index is -0.764. The van der Waals surface area contributed by atoms with E-state index >= 15 is 0 Å². The highest BCUT2D eigenvalue weighted by Crippen LogP contribution is 2.17. The predicted molar refractivity (Wildman–Crippen MR) is 76.0 cm³/mol. The van der Waals surface area contributed by atoms with Crippen LogP contribution in [0.4, 0.5) is 5.69 Å². The first-order chi connectivity index (χ1) is 9.69. The molecule has 0 saturated heterocycles. The van der Waals surface area contributed by atoms with Gasteiger partial charge in [0, 0.05) is 11.8 Å². The van der Waals surface area contributed by atoms with Crippen molar-refractivity contribution in [1.29, 1.82) is 5.26 Å². The molecule has 2 aromatic carbocycles. The lowest BCUT2D eigenvalue weighted by Crippen LogP contribution is -2.23. The Bertz CT molecular complexity index is 632. The monoisotopic (exact) mass is 266 g/mol. The van der Waals surface area contributed by atoms with E-state index < -0.39 is 5.92 Å². The van der Waals surface area contributed by atoms with Crippen LogP contribution in [0, 0.1) is 17.2 Å². The molecular weight excluding hydrogens is 252 g/mol. The third-order valence-corrected chi connectivity index (χ3v) is 2.87. The lowest BCUT2D eigenvalue weighted by molar-refractivity contribution is -0.118. The van der Waals surface area contributed by atoms with Crippen LogP contribution in [0.25, 0.3) is 0 Å². The number of rotatable bonds is 4. The van der Waals surface area contributed by atoms with Crippen molar-refractivity contribution in [1.82, 2.24) is 0 Å². The standard InChI is InChI=1S/C16H14N2O2/c17-11-13(9-12-5-2-1-3-6-12)16(20)18-14-7-4-8-15(19)10-14/h1-8,10,13,19H,9H2,(H,18,20). The summed E-state index contributed by atoms with van der Waals surface area (Å²) in [5, 5.41) is 21.1. The van der Waals surface area contributed by atoms with Gasteiger partial charge in [-0.2, -0.15) is 5.26 Å². The number of aromatic hydroxyl groups is 1. The van der Waals surface area contributed by atoms with Gasteiger partial charge in [-0.3, -0.25) is 4.79 Å². The molecule has 0 spiro atoms. The summed E-state index contributed by atoms with van der Waals surface area (Å²) in [7, 11) is 0. The molecule has 1 atom stereocenters. The van der Waals surface area contributed by atoms with E-state index in [1.807, 2.05) is 36.4 Å². The van der Waals surface area contributed by atoms with E-state index in [4.69, 9.17) is 5.26 Å². The van der Waals surface area contributed by atoms with Crippen molar-refractivity contribution < 1.29 is 9.90 Å². The Morgan fingerprint density at radius 1 is 1.20 bits per heavy atom. The van der Waals surface area contributed by atoms with E-state index in [9.17, 15) is 9.90 Å². The molecule has 0 aromatic heterocycles. The number of amides is 1. The van der Waals surface area contributed by atoms with Crippen LogP contribution in [0.5, 0.6) is 5.75 Å². The second-order valence-electron chi connectivity index (χ2n) is 4.41. The summed E-state index contributed by atoms with van der Waals surface area (Å²) >= 11 is 0. The maximum absolute atomic E-state index is 12.0. The van der Waals surface area contributed by atoms with Crippen LogP contribution in [0.3, 0.4) is 0 Å². The zero-order chi connectivity index (χ0) is 14.4. The minimum absolute atomic E-state index is 0.0689. The van der Waals surface area contributed by atoms with Crippen LogP contribution in [-0.4, -0.2) is 11.0 Å². The number of hydrogen-bond donors (Lipinski definition) is 2. The van der Waals surface area contributed by atoms with Crippen molar-refractivity contribution in [2.75, 3.05) is 5.32 Å². The average molecular weight is 266 g/mol. The lowest BCUT2D eigenvalue weighted by atomic mass is 10.00. The first kappa shape index (κ1) is 13.6. The van der Waals surface area contributed by atoms with Gasteiger partial charge in [0.1, 0.15) is 11.7 Å². The predicted octanol–water partition coefficient (Wildman–Crippen LogP) is 2.71. The van der Waals surface area contributed by atoms with Crippen LogP contribution in [0.1, 0.15) is 5.56 Å². The summed E-state index contributed by atoms with van der Waals surface area (Å²) in [5.74, 6) is -1.07. The van der Waals surface area contributed by atoms with Crippen molar-refractivity contribution in [2.45, 2.75) is 6.42 Å². The summed E-state index contributed by atoms with van der Waals surface area (Å²) < 4.78 is 0. The van der Waals surface area contributed by atoms with Gasteiger partial charge in [0.2, 0.25) is 5.91 Å². The highest BCUT2D eigenvalue weighted by Gasteiger charge is 2.18. The fourth-order valence-electron chi connectivity index (χ4n) is 1.86. The van der Waals surface area contributed by atoms with E-state index in [0.29, 0.717) is 12.1 Å². The highest BCUT2D eigenvalue weighted by molar-refractivity contribution is 5.94. The van der Waals surface area contributed by atoms with E-state index in [2.05, 4.69) is 5.32 Å². The molecule has 100 valence electrons. The molecule has 0 bridgehead atoms. The Kier molecular flexibility index (Phi) is 4.35. The Morgan fingerprint density at radius 2 is 1.95 bits per heavy atom. The van der Waals surface area contributed by atoms with E-state index in [0.717, 1.165) is 5.56 Å². The minimum Gasteiger partial charge on any atom is -0.508 e. The number of anilines is 1. The number of nitriles is 1. The largest absolute Gasteiger partial charge is 0.508 e. The second-order valence-corrected chi connectivity index (χ2v) is 4.41. The molecule has 0 radical (unpaired) electrons. The SMILES string of the molecule is N#CC(Cc1ccccc1)C(=O)Nc1cccc(O)c1. The van der Waals surface area contributed by atoms with Gasteiger partial charge >= 0.3 is 0 Å². The first-order valence-electron chi connectivity index (χ1n) is 6.22. The molecule has 0 heterocycles. The fourth-order valence-corrected chi connectivity index (χ4v) is 1.86. The highest BCUT2D eigenvalue weighted by atomic mass is 16.3. The van der Waals surface area contributed by atoms with Gasteiger partial charge < -0.3 is 10.4 Å². The topological polar surface area (TPSA) is 73.1 Å². The van der Waals surface area contributed by atoms with Crippen LogP contribution in [0.15, 0.2) is 54.6 Å². The molecule has 0 aliphatic rings. The van der Waals surface area contributed by atoms with Gasteiger partial charge in [-0.25, -0.2) is 0 Å². The average Bonchev–Trinajstić information content (AvgIpc) is 2.45. The third-order valence-electron chi connectivity index (χ3n) is 2.87. The molecular formula is C16H14N2O2. The number of nitrogens with zero attached hydrogens (tertiary/aromatic N) is 1. The van der Waals surface area contributed by atoms with Gasteiger partial charge in [-0.1, -0.05) is 36.4 Å². The maximum atomic E-state index is 12.0. The Balaban J connectivity index is 2.05. The van der Waals surface area contributed by atoms with Gasteiger partial charge in [0.25, 0.3) is 0 Å². The van der Waals surface area contributed by atoms with Crippen molar-refractivity contribution in [2.24, 2.45) is 5.92 Å². The number of carbonyl (C=O) groups excluding carboxylic acids is 1. The number of hydrogen-bond acceptors (Lipinski definition) is 3. The molecule has 2 rings (SSSR count). The first-order valence-corrected chi connectivity index (χ1v) is 6.22. The third kappa shape index (κ3) is 3.59. The van der Waals surface area contributed by atoms with Crippen LogP contribution in [0.2, 0.25) is 0 Å². The maximum Gasteiger partial charge on any atom is 0.242 e.